The quantitative estimate of drug-likeness (QED) is 0.787. The van der Waals surface area contributed by atoms with Gasteiger partial charge in [0.1, 0.15) is 5.75 Å². The van der Waals surface area contributed by atoms with Gasteiger partial charge in [0.15, 0.2) is 0 Å². The molecule has 2 rings (SSSR count). The lowest BCUT2D eigenvalue weighted by molar-refractivity contribution is 0.195. The second-order valence-electron chi connectivity index (χ2n) is 4.66. The summed E-state index contributed by atoms with van der Waals surface area (Å²) in [5.41, 5.74) is 7.57. The fourth-order valence-electron chi connectivity index (χ4n) is 1.93. The van der Waals surface area contributed by atoms with E-state index in [1.54, 1.807) is 0 Å². The lowest BCUT2D eigenvalue weighted by Gasteiger charge is -2.16. The van der Waals surface area contributed by atoms with Crippen molar-refractivity contribution in [3.8, 4) is 5.75 Å². The first-order chi connectivity index (χ1) is 8.13. The largest absolute Gasteiger partial charge is 0.491 e. The lowest BCUT2D eigenvalue weighted by Crippen LogP contribution is -2.19. The van der Waals surface area contributed by atoms with Gasteiger partial charge in [0.25, 0.3) is 0 Å². The summed E-state index contributed by atoms with van der Waals surface area (Å²) in [6.07, 6.45) is 1.19. The topological polar surface area (TPSA) is 56.5 Å². The Morgan fingerprint density at radius 1 is 1.41 bits per heavy atom. The summed E-state index contributed by atoms with van der Waals surface area (Å²) < 4.78 is 11.0. The molecule has 1 atom stereocenters. The van der Waals surface area contributed by atoms with Crippen LogP contribution < -0.4 is 15.8 Å². The van der Waals surface area contributed by atoms with Gasteiger partial charge in [-0.1, -0.05) is 0 Å². The summed E-state index contributed by atoms with van der Waals surface area (Å²) in [6.45, 7) is 5.59. The SMILES string of the molecule is CC(C)Oc1cc(N)cc(NC2CCOC2)c1. The van der Waals surface area contributed by atoms with E-state index in [9.17, 15) is 0 Å². The van der Waals surface area contributed by atoms with Gasteiger partial charge in [0.2, 0.25) is 0 Å². The lowest BCUT2D eigenvalue weighted by atomic mass is 10.2. The van der Waals surface area contributed by atoms with E-state index in [1.807, 2.05) is 32.0 Å². The van der Waals surface area contributed by atoms with Gasteiger partial charge < -0.3 is 20.5 Å². The van der Waals surface area contributed by atoms with Crippen LogP contribution in [0.2, 0.25) is 0 Å². The molecule has 1 aliphatic rings. The molecule has 1 unspecified atom stereocenters. The number of hydrogen-bond donors (Lipinski definition) is 2. The number of ether oxygens (including phenoxy) is 2. The van der Waals surface area contributed by atoms with E-state index in [1.165, 1.54) is 0 Å². The number of benzene rings is 1. The Bertz CT molecular complexity index is 374. The van der Waals surface area contributed by atoms with Gasteiger partial charge in [-0.05, 0) is 26.3 Å². The molecule has 1 heterocycles. The molecule has 0 spiro atoms. The first-order valence-corrected chi connectivity index (χ1v) is 6.05. The minimum atomic E-state index is 0.152. The van der Waals surface area contributed by atoms with E-state index < -0.39 is 0 Å². The third-order valence-corrected chi connectivity index (χ3v) is 2.60. The van der Waals surface area contributed by atoms with Crippen LogP contribution in [0.5, 0.6) is 5.75 Å². The fraction of sp³-hybridized carbons (Fsp3) is 0.538. The molecule has 1 fully saturated rings. The Balaban J connectivity index is 2.07. The average Bonchev–Trinajstić information content (AvgIpc) is 2.67. The molecular formula is C13H20N2O2. The molecule has 3 N–H and O–H groups in total. The molecule has 17 heavy (non-hydrogen) atoms. The molecule has 4 heteroatoms. The third kappa shape index (κ3) is 3.53. The molecule has 0 saturated carbocycles. The van der Waals surface area contributed by atoms with Crippen molar-refractivity contribution in [3.05, 3.63) is 18.2 Å². The van der Waals surface area contributed by atoms with Crippen LogP contribution in [-0.2, 0) is 4.74 Å². The Hall–Kier alpha value is -1.42. The molecule has 94 valence electrons. The van der Waals surface area contributed by atoms with E-state index in [2.05, 4.69) is 5.32 Å². The molecule has 1 aliphatic heterocycles. The van der Waals surface area contributed by atoms with Crippen molar-refractivity contribution in [3.63, 3.8) is 0 Å². The molecule has 0 bridgehead atoms. The number of anilines is 2. The molecule has 4 nitrogen and oxygen atoms in total. The minimum absolute atomic E-state index is 0.152. The number of nitrogens with two attached hydrogens (primary N) is 1. The summed E-state index contributed by atoms with van der Waals surface area (Å²) in [5, 5.41) is 3.41. The zero-order valence-electron chi connectivity index (χ0n) is 10.4. The van der Waals surface area contributed by atoms with Gasteiger partial charge in [0.05, 0.1) is 18.8 Å². The maximum absolute atomic E-state index is 5.86. The van der Waals surface area contributed by atoms with E-state index in [4.69, 9.17) is 15.2 Å². The van der Waals surface area contributed by atoms with Gasteiger partial charge in [-0.3, -0.25) is 0 Å². The highest BCUT2D eigenvalue weighted by Gasteiger charge is 2.15. The van der Waals surface area contributed by atoms with E-state index >= 15 is 0 Å². The maximum Gasteiger partial charge on any atom is 0.123 e. The predicted molar refractivity (Wildman–Crippen MR) is 69.5 cm³/mol. The van der Waals surface area contributed by atoms with Gasteiger partial charge in [-0.25, -0.2) is 0 Å². The highest BCUT2D eigenvalue weighted by Crippen LogP contribution is 2.25. The average molecular weight is 236 g/mol. The van der Waals surface area contributed by atoms with Crippen LogP contribution in [0, 0.1) is 0 Å². The number of rotatable bonds is 4. The highest BCUT2D eigenvalue weighted by molar-refractivity contribution is 5.59. The summed E-state index contributed by atoms with van der Waals surface area (Å²) in [5.74, 6) is 0.807. The minimum Gasteiger partial charge on any atom is -0.491 e. The molecule has 0 aromatic heterocycles. The van der Waals surface area contributed by atoms with Crippen LogP contribution in [0.1, 0.15) is 20.3 Å². The van der Waals surface area contributed by atoms with E-state index in [0.717, 1.165) is 31.1 Å². The number of nitrogens with one attached hydrogen (secondary N) is 1. The molecule has 1 aromatic carbocycles. The van der Waals surface area contributed by atoms with Crippen LogP contribution in [-0.4, -0.2) is 25.4 Å². The van der Waals surface area contributed by atoms with E-state index in [0.29, 0.717) is 11.7 Å². The molecule has 1 aromatic rings. The molecule has 1 saturated heterocycles. The van der Waals surface area contributed by atoms with Crippen molar-refractivity contribution in [2.75, 3.05) is 24.3 Å². The molecule has 0 radical (unpaired) electrons. The summed E-state index contributed by atoms with van der Waals surface area (Å²) in [4.78, 5) is 0. The Morgan fingerprint density at radius 2 is 2.24 bits per heavy atom. The van der Waals surface area contributed by atoms with Crippen LogP contribution in [0.4, 0.5) is 11.4 Å². The third-order valence-electron chi connectivity index (χ3n) is 2.60. The smallest absolute Gasteiger partial charge is 0.123 e. The van der Waals surface area contributed by atoms with Crippen molar-refractivity contribution in [1.82, 2.24) is 0 Å². The second kappa shape index (κ2) is 5.27. The Kier molecular flexibility index (Phi) is 3.74. The van der Waals surface area contributed by atoms with E-state index in [-0.39, 0.29) is 6.10 Å². The summed E-state index contributed by atoms with van der Waals surface area (Å²) in [7, 11) is 0. The Labute approximate surface area is 102 Å². The van der Waals surface area contributed by atoms with Crippen LogP contribution >= 0.6 is 0 Å². The van der Waals surface area contributed by atoms with Gasteiger partial charge >= 0.3 is 0 Å². The first-order valence-electron chi connectivity index (χ1n) is 6.05. The van der Waals surface area contributed by atoms with Gasteiger partial charge in [0, 0.05) is 30.1 Å². The fourth-order valence-corrected chi connectivity index (χ4v) is 1.93. The second-order valence-corrected chi connectivity index (χ2v) is 4.66. The monoisotopic (exact) mass is 236 g/mol. The molecule has 0 amide bonds. The van der Waals surface area contributed by atoms with Crippen molar-refractivity contribution < 1.29 is 9.47 Å². The molecular weight excluding hydrogens is 216 g/mol. The Morgan fingerprint density at radius 3 is 2.88 bits per heavy atom. The zero-order chi connectivity index (χ0) is 12.3. The number of hydrogen-bond acceptors (Lipinski definition) is 4. The highest BCUT2D eigenvalue weighted by atomic mass is 16.5. The van der Waals surface area contributed by atoms with Crippen LogP contribution in [0.3, 0.4) is 0 Å². The van der Waals surface area contributed by atoms with Crippen molar-refractivity contribution in [2.45, 2.75) is 32.4 Å². The predicted octanol–water partition coefficient (Wildman–Crippen LogP) is 2.26. The maximum atomic E-state index is 5.86. The standard InChI is InChI=1S/C13H20N2O2/c1-9(2)17-13-6-10(14)5-12(7-13)15-11-3-4-16-8-11/h5-7,9,11,15H,3-4,8,14H2,1-2H3. The first kappa shape index (κ1) is 12.0. The van der Waals surface area contributed by atoms with Crippen LogP contribution in [0.25, 0.3) is 0 Å². The summed E-state index contributed by atoms with van der Waals surface area (Å²) in [6, 6.07) is 6.12. The number of nitrogen functional groups attached to an aromatic ring is 1. The molecule has 0 aliphatic carbocycles. The van der Waals surface area contributed by atoms with Crippen LogP contribution in [0.15, 0.2) is 18.2 Å². The van der Waals surface area contributed by atoms with Gasteiger partial charge in [-0.15, -0.1) is 0 Å². The zero-order valence-corrected chi connectivity index (χ0v) is 10.4. The van der Waals surface area contributed by atoms with Crippen molar-refractivity contribution in [2.24, 2.45) is 0 Å². The van der Waals surface area contributed by atoms with Crippen molar-refractivity contribution in [1.29, 1.82) is 0 Å². The normalized spacial score (nSPS) is 19.6. The van der Waals surface area contributed by atoms with Gasteiger partial charge in [-0.2, -0.15) is 0 Å². The summed E-state index contributed by atoms with van der Waals surface area (Å²) >= 11 is 0. The van der Waals surface area contributed by atoms with Crippen molar-refractivity contribution >= 4 is 11.4 Å².